The topological polar surface area (TPSA) is 51.6 Å². The zero-order chi connectivity index (χ0) is 21.8. The van der Waals surface area contributed by atoms with Gasteiger partial charge in [0.05, 0.1) is 11.4 Å². The molecule has 4 heterocycles. The normalized spacial score (nSPS) is 11.3. The van der Waals surface area contributed by atoms with Crippen LogP contribution in [-0.4, -0.2) is 28.0 Å². The van der Waals surface area contributed by atoms with Crippen LogP contribution in [0.25, 0.3) is 22.5 Å². The van der Waals surface area contributed by atoms with E-state index in [1.165, 1.54) is 15.6 Å². The van der Waals surface area contributed by atoms with Gasteiger partial charge in [0.2, 0.25) is 0 Å². The third kappa shape index (κ3) is 3.74. The van der Waals surface area contributed by atoms with E-state index < -0.39 is 8.07 Å². The van der Waals surface area contributed by atoms with Crippen molar-refractivity contribution in [1.82, 2.24) is 19.9 Å². The van der Waals surface area contributed by atoms with Gasteiger partial charge in [0.25, 0.3) is 0 Å². The van der Waals surface area contributed by atoms with Gasteiger partial charge in [-0.2, -0.15) is 0 Å². The molecule has 0 amide bonds. The minimum Gasteiger partial charge on any atom is -0.264 e. The van der Waals surface area contributed by atoms with Crippen molar-refractivity contribution >= 4 is 23.6 Å². The largest absolute Gasteiger partial charge is 0.264 e. The average Bonchev–Trinajstić information content (AvgIpc) is 2.90. The molecule has 5 heteroatoms. The molecule has 0 unspecified atom stereocenters. The predicted octanol–water partition coefficient (Wildman–Crippen LogP) is 3.70. The lowest BCUT2D eigenvalue weighted by Crippen LogP contribution is -2.64. The van der Waals surface area contributed by atoms with Gasteiger partial charge in [0.1, 0.15) is 8.07 Å². The first-order valence-corrected chi connectivity index (χ1v) is 13.0. The highest BCUT2D eigenvalue weighted by atomic mass is 28.3. The van der Waals surface area contributed by atoms with Crippen molar-refractivity contribution in [3.63, 3.8) is 0 Å². The van der Waals surface area contributed by atoms with E-state index in [2.05, 4.69) is 81.1 Å². The van der Waals surface area contributed by atoms with Crippen molar-refractivity contribution in [3.8, 4) is 22.5 Å². The van der Waals surface area contributed by atoms with E-state index in [9.17, 15) is 0 Å². The van der Waals surface area contributed by atoms with Gasteiger partial charge in [-0.05, 0) is 64.1 Å². The van der Waals surface area contributed by atoms with Gasteiger partial charge in [-0.1, -0.05) is 36.9 Å². The van der Waals surface area contributed by atoms with Gasteiger partial charge in [-0.25, -0.2) is 0 Å². The molecule has 5 aromatic rings. The second-order valence-corrected chi connectivity index (χ2v) is 11.8. The molecule has 0 saturated heterocycles. The Hall–Kier alpha value is -3.96. The highest BCUT2D eigenvalue weighted by molar-refractivity contribution is 7.10. The summed E-state index contributed by atoms with van der Waals surface area (Å²) in [6.45, 7) is 2.40. The number of nitrogens with zero attached hydrogens (tertiary/aromatic N) is 4. The maximum Gasteiger partial charge on any atom is 0.145 e. The van der Waals surface area contributed by atoms with Gasteiger partial charge < -0.3 is 0 Å². The monoisotopic (exact) mass is 430 g/mol. The molecule has 154 valence electrons. The number of rotatable bonds is 5. The predicted molar refractivity (Wildman–Crippen MR) is 132 cm³/mol. The third-order valence-corrected chi connectivity index (χ3v) is 10.4. The molecule has 0 saturated carbocycles. The molecule has 0 spiro atoms. The molecule has 0 radical (unpaired) electrons. The third-order valence-electron chi connectivity index (χ3n) is 5.94. The number of hydrogen-bond acceptors (Lipinski definition) is 4. The van der Waals surface area contributed by atoms with Crippen LogP contribution in [0.15, 0.2) is 116 Å². The summed E-state index contributed by atoms with van der Waals surface area (Å²) in [7, 11) is -2.33. The Balaban J connectivity index is 1.70. The van der Waals surface area contributed by atoms with Crippen molar-refractivity contribution in [2.45, 2.75) is 6.55 Å². The van der Waals surface area contributed by atoms with Crippen LogP contribution in [0.1, 0.15) is 0 Å². The minimum atomic E-state index is -2.33. The summed E-state index contributed by atoms with van der Waals surface area (Å²) >= 11 is 0. The fraction of sp³-hybridized carbons (Fsp3) is 0.0370. The van der Waals surface area contributed by atoms with Crippen molar-refractivity contribution < 1.29 is 0 Å². The molecule has 0 N–H and O–H groups in total. The van der Waals surface area contributed by atoms with Crippen molar-refractivity contribution in [1.29, 1.82) is 0 Å². The molecule has 4 nitrogen and oxygen atoms in total. The van der Waals surface area contributed by atoms with Crippen LogP contribution in [-0.2, 0) is 0 Å². The van der Waals surface area contributed by atoms with Gasteiger partial charge in [0.15, 0.2) is 0 Å². The van der Waals surface area contributed by atoms with Gasteiger partial charge in [-0.15, -0.1) is 0 Å². The SMILES string of the molecule is C[Si](c1ccccc1)(c1ccnc(-c2cccnc2)c1)c1ccnc(-c2cccnc2)c1. The van der Waals surface area contributed by atoms with Gasteiger partial charge >= 0.3 is 0 Å². The number of benzene rings is 1. The summed E-state index contributed by atoms with van der Waals surface area (Å²) < 4.78 is 0. The van der Waals surface area contributed by atoms with Crippen LogP contribution in [0.3, 0.4) is 0 Å². The maximum atomic E-state index is 4.64. The zero-order valence-corrected chi connectivity index (χ0v) is 18.8. The molecule has 0 aliphatic rings. The molecule has 0 bridgehead atoms. The molecule has 0 atom stereocenters. The van der Waals surface area contributed by atoms with Gasteiger partial charge in [0, 0.05) is 48.3 Å². The quantitative estimate of drug-likeness (QED) is 0.399. The van der Waals surface area contributed by atoms with Gasteiger partial charge in [-0.3, -0.25) is 19.9 Å². The molecule has 32 heavy (non-hydrogen) atoms. The van der Waals surface area contributed by atoms with E-state index in [0.29, 0.717) is 0 Å². The Morgan fingerprint density at radius 2 is 1.06 bits per heavy atom. The highest BCUT2D eigenvalue weighted by Crippen LogP contribution is 2.18. The number of hydrogen-bond donors (Lipinski definition) is 0. The second kappa shape index (κ2) is 8.65. The Morgan fingerprint density at radius 1 is 0.531 bits per heavy atom. The Morgan fingerprint density at radius 3 is 1.53 bits per heavy atom. The van der Waals surface area contributed by atoms with Crippen molar-refractivity contribution in [2.24, 2.45) is 0 Å². The zero-order valence-electron chi connectivity index (χ0n) is 17.8. The molecule has 0 aliphatic carbocycles. The second-order valence-electron chi connectivity index (χ2n) is 7.83. The number of pyridine rings is 4. The number of aromatic nitrogens is 4. The lowest BCUT2D eigenvalue weighted by atomic mass is 10.2. The smallest absolute Gasteiger partial charge is 0.145 e. The molecule has 1 aromatic carbocycles. The summed E-state index contributed by atoms with van der Waals surface area (Å²) in [5.74, 6) is 0. The first-order valence-electron chi connectivity index (χ1n) is 10.5. The Bertz CT molecular complexity index is 1240. The Labute approximate surface area is 188 Å². The summed E-state index contributed by atoms with van der Waals surface area (Å²) in [4.78, 5) is 17.8. The van der Waals surface area contributed by atoms with Crippen LogP contribution >= 0.6 is 0 Å². The highest BCUT2D eigenvalue weighted by Gasteiger charge is 2.35. The first-order chi connectivity index (χ1) is 15.7. The van der Waals surface area contributed by atoms with E-state index >= 15 is 0 Å². The van der Waals surface area contributed by atoms with Crippen molar-refractivity contribution in [2.75, 3.05) is 0 Å². The summed E-state index contributed by atoms with van der Waals surface area (Å²) in [5, 5.41) is 3.92. The standard InChI is InChI=1S/C27H22N4Si/c1-32(23-9-3-2-4-10-23,24-11-15-30-26(17-24)21-7-5-13-28-19-21)25-12-16-31-27(18-25)22-8-6-14-29-20-22/h2-20H,1H3. The van der Waals surface area contributed by atoms with Crippen LogP contribution in [0.2, 0.25) is 6.55 Å². The lowest BCUT2D eigenvalue weighted by molar-refractivity contribution is 1.28. The molecular formula is C27H22N4Si. The summed E-state index contributed by atoms with van der Waals surface area (Å²) in [6.07, 6.45) is 11.1. The van der Waals surface area contributed by atoms with Crippen LogP contribution in [0.4, 0.5) is 0 Å². The van der Waals surface area contributed by atoms with Crippen LogP contribution < -0.4 is 15.6 Å². The summed E-state index contributed by atoms with van der Waals surface area (Å²) in [6, 6.07) is 27.5. The minimum absolute atomic E-state index is 0.937. The van der Waals surface area contributed by atoms with E-state index in [1.54, 1.807) is 12.4 Å². The fourth-order valence-electron chi connectivity index (χ4n) is 4.10. The first kappa shape index (κ1) is 20.0. The van der Waals surface area contributed by atoms with Crippen LogP contribution in [0.5, 0.6) is 0 Å². The Kier molecular flexibility index (Phi) is 5.40. The summed E-state index contributed by atoms with van der Waals surface area (Å²) in [5.41, 5.74) is 3.91. The molecule has 0 aliphatic heterocycles. The molecule has 4 aromatic heterocycles. The molecule has 0 fully saturated rings. The maximum absolute atomic E-state index is 4.64. The van der Waals surface area contributed by atoms with E-state index in [1.807, 2.05) is 49.1 Å². The van der Waals surface area contributed by atoms with E-state index in [4.69, 9.17) is 0 Å². The lowest BCUT2D eigenvalue weighted by Gasteiger charge is -2.30. The molecular weight excluding hydrogens is 408 g/mol. The van der Waals surface area contributed by atoms with E-state index in [-0.39, 0.29) is 0 Å². The van der Waals surface area contributed by atoms with Crippen LogP contribution in [0, 0.1) is 0 Å². The van der Waals surface area contributed by atoms with Crippen molar-refractivity contribution in [3.05, 3.63) is 116 Å². The molecule has 5 rings (SSSR count). The fourth-order valence-corrected chi connectivity index (χ4v) is 7.62. The average molecular weight is 431 g/mol. The van der Waals surface area contributed by atoms with E-state index in [0.717, 1.165) is 22.5 Å².